The summed E-state index contributed by atoms with van der Waals surface area (Å²) in [5, 5.41) is 1.06. The fourth-order valence-electron chi connectivity index (χ4n) is 4.28. The molecule has 1 fully saturated rings. The molecular formula is C24H27N5O3S. The summed E-state index contributed by atoms with van der Waals surface area (Å²) in [5.41, 5.74) is 3.22. The number of fused-ring (bicyclic) bond motifs is 2. The Morgan fingerprint density at radius 1 is 1.03 bits per heavy atom. The van der Waals surface area contributed by atoms with Gasteiger partial charge in [0.15, 0.2) is 0 Å². The average Bonchev–Trinajstić information content (AvgIpc) is 3.12. The quantitative estimate of drug-likeness (QED) is 0.471. The fourth-order valence-corrected chi connectivity index (χ4v) is 5.78. The maximum Gasteiger partial charge on any atom is 0.243 e. The smallest absolute Gasteiger partial charge is 0.243 e. The van der Waals surface area contributed by atoms with Crippen molar-refractivity contribution in [2.45, 2.75) is 11.3 Å². The molecule has 0 atom stereocenters. The fraction of sp³-hybridized carbons (Fsp3) is 0.333. The number of sulfonamides is 1. The molecule has 0 spiro atoms. The lowest BCUT2D eigenvalue weighted by Crippen LogP contribution is -2.36. The number of nitrogens with one attached hydrogen (secondary N) is 1. The molecule has 9 heteroatoms. The van der Waals surface area contributed by atoms with Crippen LogP contribution in [0.5, 0.6) is 0 Å². The molecule has 2 aromatic carbocycles. The highest BCUT2D eigenvalue weighted by Gasteiger charge is 2.27. The number of hydrogen-bond donors (Lipinski definition) is 1. The number of aromatic nitrogens is 3. The van der Waals surface area contributed by atoms with Gasteiger partial charge in [-0.05, 0) is 43.3 Å². The average molecular weight is 466 g/mol. The first-order valence-electron chi connectivity index (χ1n) is 11.1. The van der Waals surface area contributed by atoms with Gasteiger partial charge in [-0.3, -0.25) is 9.88 Å². The SMILES string of the molecule is COCCN1CCCN(S(=O)(=O)c2ccc3nc(-c4ccc5cccnc5c4)[nH]c3c2)CC1. The second-order valence-electron chi connectivity index (χ2n) is 8.27. The van der Waals surface area contributed by atoms with E-state index in [2.05, 4.69) is 19.9 Å². The topological polar surface area (TPSA) is 91.4 Å². The first-order chi connectivity index (χ1) is 16.0. The summed E-state index contributed by atoms with van der Waals surface area (Å²) in [4.78, 5) is 14.9. The third kappa shape index (κ3) is 4.49. The number of ether oxygens (including phenoxy) is 1. The molecule has 3 heterocycles. The molecule has 1 N–H and O–H groups in total. The minimum Gasteiger partial charge on any atom is -0.383 e. The van der Waals surface area contributed by atoms with Crippen molar-refractivity contribution in [2.24, 2.45) is 0 Å². The first kappa shape index (κ1) is 22.0. The molecule has 33 heavy (non-hydrogen) atoms. The Kier molecular flexibility index (Phi) is 6.11. The number of hydrogen-bond acceptors (Lipinski definition) is 6. The molecule has 0 saturated carbocycles. The van der Waals surface area contributed by atoms with Crippen LogP contribution in [0.15, 0.2) is 59.6 Å². The molecule has 1 aliphatic rings. The maximum atomic E-state index is 13.4. The molecule has 4 aromatic rings. The lowest BCUT2D eigenvalue weighted by molar-refractivity contribution is 0.151. The van der Waals surface area contributed by atoms with Crippen LogP contribution in [0.4, 0.5) is 0 Å². The normalized spacial score (nSPS) is 16.4. The summed E-state index contributed by atoms with van der Waals surface area (Å²) < 4.78 is 33.5. The van der Waals surface area contributed by atoms with Gasteiger partial charge in [0, 0.05) is 50.4 Å². The Hall–Kier alpha value is -2.85. The van der Waals surface area contributed by atoms with Crippen molar-refractivity contribution in [2.75, 3.05) is 46.4 Å². The molecule has 2 aromatic heterocycles. The zero-order valence-corrected chi connectivity index (χ0v) is 19.4. The van der Waals surface area contributed by atoms with E-state index in [1.54, 1.807) is 35.8 Å². The van der Waals surface area contributed by atoms with Crippen molar-refractivity contribution < 1.29 is 13.2 Å². The number of benzene rings is 2. The monoisotopic (exact) mass is 465 g/mol. The molecule has 0 aliphatic carbocycles. The van der Waals surface area contributed by atoms with Gasteiger partial charge in [-0.2, -0.15) is 4.31 Å². The van der Waals surface area contributed by atoms with Crippen molar-refractivity contribution in [3.8, 4) is 11.4 Å². The predicted octanol–water partition coefficient (Wildman–Crippen LogP) is 3.12. The van der Waals surface area contributed by atoms with Crippen molar-refractivity contribution in [3.63, 3.8) is 0 Å². The minimum atomic E-state index is -3.59. The van der Waals surface area contributed by atoms with E-state index in [1.807, 2.05) is 30.3 Å². The van der Waals surface area contributed by atoms with Gasteiger partial charge in [-0.1, -0.05) is 18.2 Å². The van der Waals surface area contributed by atoms with E-state index in [0.717, 1.165) is 41.5 Å². The summed E-state index contributed by atoms with van der Waals surface area (Å²) >= 11 is 0. The molecule has 0 amide bonds. The van der Waals surface area contributed by atoms with Gasteiger partial charge in [0.05, 0.1) is 28.1 Å². The Bertz CT molecular complexity index is 1390. The molecule has 0 radical (unpaired) electrons. The molecular weight excluding hydrogens is 438 g/mol. The molecule has 0 unspecified atom stereocenters. The summed E-state index contributed by atoms with van der Waals surface area (Å²) in [6.45, 7) is 4.04. The van der Waals surface area contributed by atoms with Crippen LogP contribution in [0.25, 0.3) is 33.3 Å². The summed E-state index contributed by atoms with van der Waals surface area (Å²) in [6, 6.07) is 15.0. The second-order valence-corrected chi connectivity index (χ2v) is 10.2. The molecule has 0 bridgehead atoms. The highest BCUT2D eigenvalue weighted by atomic mass is 32.2. The van der Waals surface area contributed by atoms with Crippen molar-refractivity contribution in [1.29, 1.82) is 0 Å². The second kappa shape index (κ2) is 9.18. The third-order valence-electron chi connectivity index (χ3n) is 6.13. The predicted molar refractivity (Wildman–Crippen MR) is 129 cm³/mol. The van der Waals surface area contributed by atoms with Gasteiger partial charge >= 0.3 is 0 Å². The largest absolute Gasteiger partial charge is 0.383 e. The van der Waals surface area contributed by atoms with Crippen molar-refractivity contribution in [3.05, 3.63) is 54.7 Å². The number of methoxy groups -OCH3 is 1. The van der Waals surface area contributed by atoms with E-state index < -0.39 is 10.0 Å². The van der Waals surface area contributed by atoms with Gasteiger partial charge in [-0.25, -0.2) is 13.4 Å². The zero-order chi connectivity index (χ0) is 22.8. The third-order valence-corrected chi connectivity index (χ3v) is 8.02. The van der Waals surface area contributed by atoms with Gasteiger partial charge < -0.3 is 9.72 Å². The van der Waals surface area contributed by atoms with E-state index in [0.29, 0.717) is 37.6 Å². The van der Waals surface area contributed by atoms with Gasteiger partial charge in [0.25, 0.3) is 0 Å². The van der Waals surface area contributed by atoms with Gasteiger partial charge in [0.2, 0.25) is 10.0 Å². The Balaban J connectivity index is 1.40. The minimum absolute atomic E-state index is 0.288. The van der Waals surface area contributed by atoms with E-state index in [4.69, 9.17) is 4.74 Å². The summed E-state index contributed by atoms with van der Waals surface area (Å²) in [5.74, 6) is 0.690. The van der Waals surface area contributed by atoms with Crippen LogP contribution in [-0.2, 0) is 14.8 Å². The first-order valence-corrected chi connectivity index (χ1v) is 12.5. The van der Waals surface area contributed by atoms with Crippen LogP contribution in [0.2, 0.25) is 0 Å². The van der Waals surface area contributed by atoms with Crippen LogP contribution in [0.1, 0.15) is 6.42 Å². The molecule has 1 aliphatic heterocycles. The van der Waals surface area contributed by atoms with Crippen LogP contribution < -0.4 is 0 Å². The van der Waals surface area contributed by atoms with Gasteiger partial charge in [-0.15, -0.1) is 0 Å². The van der Waals surface area contributed by atoms with Crippen molar-refractivity contribution in [1.82, 2.24) is 24.2 Å². The zero-order valence-electron chi connectivity index (χ0n) is 18.6. The van der Waals surface area contributed by atoms with Crippen LogP contribution in [-0.4, -0.2) is 79.0 Å². The lowest BCUT2D eigenvalue weighted by atomic mass is 10.1. The highest BCUT2D eigenvalue weighted by Crippen LogP contribution is 2.26. The Morgan fingerprint density at radius 3 is 2.82 bits per heavy atom. The van der Waals surface area contributed by atoms with Crippen LogP contribution in [0, 0.1) is 0 Å². The number of pyridine rings is 1. The number of H-pyrrole nitrogens is 1. The number of aromatic amines is 1. The lowest BCUT2D eigenvalue weighted by Gasteiger charge is -2.21. The van der Waals surface area contributed by atoms with E-state index >= 15 is 0 Å². The maximum absolute atomic E-state index is 13.4. The standard InChI is InChI=1S/C24H27N5O3S/c1-32-15-14-28-10-3-11-29(13-12-28)33(30,31)20-7-8-21-23(17-20)27-24(26-21)19-6-5-18-4-2-9-25-22(18)16-19/h2,4-9,16-17H,3,10-15H2,1H3,(H,26,27). The summed E-state index contributed by atoms with van der Waals surface area (Å²) in [6.07, 6.45) is 2.57. The summed E-state index contributed by atoms with van der Waals surface area (Å²) in [7, 11) is -1.90. The molecule has 172 valence electrons. The molecule has 1 saturated heterocycles. The molecule has 8 nitrogen and oxygen atoms in total. The van der Waals surface area contributed by atoms with Crippen LogP contribution >= 0.6 is 0 Å². The van der Waals surface area contributed by atoms with Crippen molar-refractivity contribution >= 4 is 32.0 Å². The Labute approximate surface area is 193 Å². The van der Waals surface area contributed by atoms with Crippen LogP contribution in [0.3, 0.4) is 0 Å². The Morgan fingerprint density at radius 2 is 1.94 bits per heavy atom. The van der Waals surface area contributed by atoms with E-state index in [-0.39, 0.29) is 4.90 Å². The number of nitrogens with zero attached hydrogens (tertiary/aromatic N) is 4. The van der Waals surface area contributed by atoms with E-state index in [9.17, 15) is 8.42 Å². The van der Waals surface area contributed by atoms with Gasteiger partial charge in [0.1, 0.15) is 5.82 Å². The number of rotatable bonds is 6. The van der Waals surface area contributed by atoms with E-state index in [1.165, 1.54) is 0 Å². The number of imidazole rings is 1. The highest BCUT2D eigenvalue weighted by molar-refractivity contribution is 7.89. The molecule has 5 rings (SSSR count).